The Labute approximate surface area is 70.2 Å². The van der Waals surface area contributed by atoms with Crippen LogP contribution in [0.3, 0.4) is 0 Å². The summed E-state index contributed by atoms with van der Waals surface area (Å²) in [6.07, 6.45) is 0. The maximum absolute atomic E-state index is 9.74. The lowest BCUT2D eigenvalue weighted by Crippen LogP contribution is -2.51. The molecule has 0 heterocycles. The van der Waals surface area contributed by atoms with Gasteiger partial charge in [-0.3, -0.25) is 4.90 Å². The first kappa shape index (κ1) is 10.9. The van der Waals surface area contributed by atoms with Gasteiger partial charge in [0, 0.05) is 12.1 Å². The largest absolute Gasteiger partial charge is 0.376 e. The summed E-state index contributed by atoms with van der Waals surface area (Å²) in [6, 6.07) is 0.769. The van der Waals surface area contributed by atoms with E-state index in [1.165, 1.54) is 0 Å². The molecule has 0 aromatic carbocycles. The zero-order chi connectivity index (χ0) is 9.23. The second kappa shape index (κ2) is 3.55. The minimum Gasteiger partial charge on any atom is -0.376 e. The Morgan fingerprint density at radius 3 is 1.27 bits per heavy atom. The van der Waals surface area contributed by atoms with Crippen LogP contribution in [0.4, 0.5) is 0 Å². The SMILES string of the molecule is CC(C)N(C(C)C)C(C)(C)O. The summed E-state index contributed by atoms with van der Waals surface area (Å²) in [5.41, 5.74) is -0.706. The van der Waals surface area contributed by atoms with Crippen molar-refractivity contribution in [1.82, 2.24) is 4.90 Å². The molecule has 11 heavy (non-hydrogen) atoms. The summed E-state index contributed by atoms with van der Waals surface area (Å²) in [7, 11) is 0. The molecule has 0 aliphatic carbocycles. The third kappa shape index (κ3) is 3.21. The molecular weight excluding hydrogens is 138 g/mol. The fourth-order valence-corrected chi connectivity index (χ4v) is 1.86. The van der Waals surface area contributed by atoms with Crippen LogP contribution in [0.25, 0.3) is 0 Å². The molecule has 0 amide bonds. The van der Waals surface area contributed by atoms with E-state index in [4.69, 9.17) is 0 Å². The third-order valence-corrected chi connectivity index (χ3v) is 1.74. The zero-order valence-corrected chi connectivity index (χ0v) is 8.55. The first-order valence-corrected chi connectivity index (χ1v) is 4.27. The van der Waals surface area contributed by atoms with E-state index in [0.29, 0.717) is 12.1 Å². The van der Waals surface area contributed by atoms with Crippen LogP contribution in [0, 0.1) is 0 Å². The maximum atomic E-state index is 9.74. The molecule has 0 aliphatic heterocycles. The summed E-state index contributed by atoms with van der Waals surface area (Å²) in [6.45, 7) is 12.0. The number of rotatable bonds is 3. The molecule has 0 bridgehead atoms. The Morgan fingerprint density at radius 1 is 1.00 bits per heavy atom. The Kier molecular flexibility index (Phi) is 3.52. The van der Waals surface area contributed by atoms with E-state index in [-0.39, 0.29) is 0 Å². The highest BCUT2D eigenvalue weighted by molar-refractivity contribution is 4.76. The Balaban J connectivity index is 4.35. The molecule has 2 heteroatoms. The van der Waals surface area contributed by atoms with Gasteiger partial charge in [-0.25, -0.2) is 0 Å². The Morgan fingerprint density at radius 2 is 1.27 bits per heavy atom. The fraction of sp³-hybridized carbons (Fsp3) is 1.00. The number of hydrogen-bond donors (Lipinski definition) is 1. The highest BCUT2D eigenvalue weighted by Gasteiger charge is 2.27. The molecule has 0 fully saturated rings. The van der Waals surface area contributed by atoms with Crippen molar-refractivity contribution in [1.29, 1.82) is 0 Å². The molecule has 0 atom stereocenters. The first-order chi connectivity index (χ1) is 4.76. The van der Waals surface area contributed by atoms with Crippen LogP contribution in [-0.4, -0.2) is 27.8 Å². The molecule has 0 unspecified atom stereocenters. The van der Waals surface area contributed by atoms with E-state index in [0.717, 1.165) is 0 Å². The molecule has 0 saturated carbocycles. The number of hydrogen-bond acceptors (Lipinski definition) is 2. The quantitative estimate of drug-likeness (QED) is 0.635. The van der Waals surface area contributed by atoms with Gasteiger partial charge in [0.15, 0.2) is 0 Å². The van der Waals surface area contributed by atoms with Crippen molar-refractivity contribution in [2.45, 2.75) is 59.4 Å². The molecule has 1 N–H and O–H groups in total. The van der Waals surface area contributed by atoms with Gasteiger partial charge in [0.25, 0.3) is 0 Å². The normalized spacial score (nSPS) is 13.6. The fourth-order valence-electron chi connectivity index (χ4n) is 1.86. The topological polar surface area (TPSA) is 23.5 Å². The number of aliphatic hydroxyl groups is 1. The van der Waals surface area contributed by atoms with E-state index >= 15 is 0 Å². The van der Waals surface area contributed by atoms with Gasteiger partial charge < -0.3 is 5.11 Å². The highest BCUT2D eigenvalue weighted by atomic mass is 16.3. The van der Waals surface area contributed by atoms with Crippen LogP contribution in [0.1, 0.15) is 41.5 Å². The van der Waals surface area contributed by atoms with Crippen molar-refractivity contribution in [2.75, 3.05) is 0 Å². The molecular formula is C9H21NO. The lowest BCUT2D eigenvalue weighted by Gasteiger charge is -2.40. The molecule has 0 aliphatic rings. The lowest BCUT2D eigenvalue weighted by molar-refractivity contribution is -0.111. The van der Waals surface area contributed by atoms with Crippen LogP contribution in [-0.2, 0) is 0 Å². The van der Waals surface area contributed by atoms with Crippen molar-refractivity contribution >= 4 is 0 Å². The average Bonchev–Trinajstić information content (AvgIpc) is 1.54. The first-order valence-electron chi connectivity index (χ1n) is 4.27. The molecule has 68 valence electrons. The molecule has 0 rings (SSSR count). The monoisotopic (exact) mass is 159 g/mol. The van der Waals surface area contributed by atoms with E-state index in [2.05, 4.69) is 32.6 Å². The van der Waals surface area contributed by atoms with Gasteiger partial charge in [0.05, 0.1) is 0 Å². The molecule has 2 nitrogen and oxygen atoms in total. The van der Waals surface area contributed by atoms with Gasteiger partial charge in [-0.05, 0) is 41.5 Å². The predicted octanol–water partition coefficient (Wildman–Crippen LogP) is 1.83. The van der Waals surface area contributed by atoms with E-state index in [9.17, 15) is 5.11 Å². The highest BCUT2D eigenvalue weighted by Crippen LogP contribution is 2.17. The van der Waals surface area contributed by atoms with Gasteiger partial charge in [-0.1, -0.05) is 0 Å². The van der Waals surface area contributed by atoms with Crippen molar-refractivity contribution in [3.8, 4) is 0 Å². The molecule has 0 radical (unpaired) electrons. The van der Waals surface area contributed by atoms with Crippen molar-refractivity contribution in [2.24, 2.45) is 0 Å². The van der Waals surface area contributed by atoms with E-state index in [1.54, 1.807) is 0 Å². The summed E-state index contributed by atoms with van der Waals surface area (Å²) < 4.78 is 0. The molecule has 0 saturated heterocycles. The van der Waals surface area contributed by atoms with Crippen LogP contribution in [0.5, 0.6) is 0 Å². The van der Waals surface area contributed by atoms with Gasteiger partial charge in [-0.2, -0.15) is 0 Å². The van der Waals surface area contributed by atoms with Crippen LogP contribution in [0.2, 0.25) is 0 Å². The van der Waals surface area contributed by atoms with Crippen LogP contribution in [0.15, 0.2) is 0 Å². The average molecular weight is 159 g/mol. The Hall–Kier alpha value is -0.0800. The third-order valence-electron chi connectivity index (χ3n) is 1.74. The second-order valence-corrected chi connectivity index (χ2v) is 4.09. The van der Waals surface area contributed by atoms with E-state index in [1.807, 2.05) is 13.8 Å². The summed E-state index contributed by atoms with van der Waals surface area (Å²) >= 11 is 0. The minimum atomic E-state index is -0.706. The smallest absolute Gasteiger partial charge is 0.113 e. The molecule has 0 aromatic heterocycles. The van der Waals surface area contributed by atoms with Crippen molar-refractivity contribution in [3.63, 3.8) is 0 Å². The molecule has 0 aromatic rings. The van der Waals surface area contributed by atoms with Crippen molar-refractivity contribution < 1.29 is 5.11 Å². The molecule has 0 spiro atoms. The summed E-state index contributed by atoms with van der Waals surface area (Å²) in [5, 5.41) is 9.74. The van der Waals surface area contributed by atoms with Crippen LogP contribution < -0.4 is 0 Å². The lowest BCUT2D eigenvalue weighted by atomic mass is 10.1. The van der Waals surface area contributed by atoms with Crippen molar-refractivity contribution in [3.05, 3.63) is 0 Å². The number of nitrogens with zero attached hydrogens (tertiary/aromatic N) is 1. The Bertz CT molecular complexity index is 105. The van der Waals surface area contributed by atoms with Gasteiger partial charge >= 0.3 is 0 Å². The summed E-state index contributed by atoms with van der Waals surface area (Å²) in [4.78, 5) is 2.08. The minimum absolute atomic E-state index is 0.384. The van der Waals surface area contributed by atoms with Gasteiger partial charge in [0.1, 0.15) is 5.72 Å². The summed E-state index contributed by atoms with van der Waals surface area (Å²) in [5.74, 6) is 0. The van der Waals surface area contributed by atoms with Gasteiger partial charge in [-0.15, -0.1) is 0 Å². The van der Waals surface area contributed by atoms with E-state index < -0.39 is 5.72 Å². The van der Waals surface area contributed by atoms with Gasteiger partial charge in [0.2, 0.25) is 0 Å². The predicted molar refractivity (Wildman–Crippen MR) is 48.4 cm³/mol. The zero-order valence-electron chi connectivity index (χ0n) is 8.55. The second-order valence-electron chi connectivity index (χ2n) is 4.09. The maximum Gasteiger partial charge on any atom is 0.113 e. The standard InChI is InChI=1S/C9H21NO/c1-7(2)10(8(3)4)9(5,6)11/h7-8,11H,1-6H3. The van der Waals surface area contributed by atoms with Crippen LogP contribution >= 0.6 is 0 Å².